The van der Waals surface area contributed by atoms with Gasteiger partial charge in [-0.25, -0.2) is 8.96 Å². The number of rotatable bonds is 5. The van der Waals surface area contributed by atoms with Crippen LogP contribution < -0.4 is 26.0 Å². The molecular weight excluding hydrogens is 552 g/mol. The van der Waals surface area contributed by atoms with E-state index in [1.165, 1.54) is 12.1 Å². The minimum Gasteiger partial charge on any atom is -0.369 e. The Morgan fingerprint density at radius 3 is 2.21 bits per heavy atom. The van der Waals surface area contributed by atoms with Crippen LogP contribution in [0.25, 0.3) is 11.1 Å². The monoisotopic (exact) mass is 586 g/mol. The summed E-state index contributed by atoms with van der Waals surface area (Å²) < 4.78 is 55.3. The van der Waals surface area contributed by atoms with E-state index < -0.39 is 28.2 Å². The van der Waals surface area contributed by atoms with E-state index >= 15 is 4.39 Å². The van der Waals surface area contributed by atoms with E-state index in [0.29, 0.717) is 36.6 Å². The maximum Gasteiger partial charge on any atom is 0.491 e. The first kappa shape index (κ1) is 29.6. The first-order valence-corrected chi connectivity index (χ1v) is 13.9. The molecule has 0 radical (unpaired) electrons. The molecule has 3 heterocycles. The summed E-state index contributed by atoms with van der Waals surface area (Å²) in [5, 5.41) is 6.02. The molecule has 0 saturated carbocycles. The predicted molar refractivity (Wildman–Crippen MR) is 156 cm³/mol. The third kappa shape index (κ3) is 6.14. The van der Waals surface area contributed by atoms with Crippen LogP contribution in [0, 0.1) is 5.82 Å². The number of carbonyl (C=O) groups is 1. The maximum atomic E-state index is 15.8. The number of likely N-dealkylation sites (N-methyl/N-ethyl adjacent to an activating group) is 1. The molecule has 0 spiro atoms. The van der Waals surface area contributed by atoms with Crippen molar-refractivity contribution in [1.82, 2.24) is 14.8 Å². The van der Waals surface area contributed by atoms with Crippen molar-refractivity contribution in [2.45, 2.75) is 32.2 Å². The lowest BCUT2D eigenvalue weighted by atomic mass is 10.0. The fraction of sp³-hybridized carbons (Fsp3) is 0.400. The smallest absolute Gasteiger partial charge is 0.369 e. The second-order valence-corrected chi connectivity index (χ2v) is 10.9. The number of piperazine rings is 2. The largest absolute Gasteiger partial charge is 0.491 e. The van der Waals surface area contributed by atoms with Gasteiger partial charge in [0.15, 0.2) is 0 Å². The number of aromatic nitrogens is 1. The molecule has 2 fully saturated rings. The number of pyridine rings is 1. The normalized spacial score (nSPS) is 20.1. The Balaban J connectivity index is 1.52. The molecule has 0 unspecified atom stereocenters. The van der Waals surface area contributed by atoms with Crippen molar-refractivity contribution in [3.63, 3.8) is 0 Å². The second kappa shape index (κ2) is 11.8. The number of alkyl halides is 3. The molecule has 2 atom stereocenters. The van der Waals surface area contributed by atoms with E-state index in [4.69, 9.17) is 0 Å². The van der Waals surface area contributed by atoms with E-state index in [-0.39, 0.29) is 28.9 Å². The van der Waals surface area contributed by atoms with E-state index in [2.05, 4.69) is 20.4 Å². The van der Waals surface area contributed by atoms with Gasteiger partial charge in [0.1, 0.15) is 5.82 Å². The van der Waals surface area contributed by atoms with Crippen molar-refractivity contribution in [2.75, 3.05) is 61.4 Å². The standard InChI is InChI=1S/C30H34F4N6O2/c1-19-16-39(17-20(2)37(19)3)27-15-25(31)24(21-4-7-23(8-5-21)38-12-10-35-11-13-38)14-26(27)36-29(42)22-6-9-28(41)40(18-22)30(32,33)34/h4-9,14-15,18-20,35H,10-13,16-17H2,1-3H3,(H,36,42)/t19-,20+. The van der Waals surface area contributed by atoms with Gasteiger partial charge in [-0.2, -0.15) is 0 Å². The second-order valence-electron chi connectivity index (χ2n) is 10.9. The summed E-state index contributed by atoms with van der Waals surface area (Å²) in [7, 11) is 2.01. The zero-order valence-electron chi connectivity index (χ0n) is 23.7. The highest BCUT2D eigenvalue weighted by molar-refractivity contribution is 6.06. The van der Waals surface area contributed by atoms with Crippen molar-refractivity contribution in [3.05, 3.63) is 76.5 Å². The molecule has 12 heteroatoms. The lowest BCUT2D eigenvalue weighted by molar-refractivity contribution is -0.206. The van der Waals surface area contributed by atoms with Gasteiger partial charge in [-0.1, -0.05) is 12.1 Å². The number of hydrogen-bond donors (Lipinski definition) is 2. The van der Waals surface area contributed by atoms with E-state index in [9.17, 15) is 22.8 Å². The lowest BCUT2D eigenvalue weighted by Gasteiger charge is -2.44. The van der Waals surface area contributed by atoms with Crippen LogP contribution in [-0.4, -0.2) is 73.8 Å². The Hall–Kier alpha value is -3.90. The predicted octanol–water partition coefficient (Wildman–Crippen LogP) is 4.32. The van der Waals surface area contributed by atoms with Crippen molar-refractivity contribution < 1.29 is 22.4 Å². The number of benzene rings is 2. The fourth-order valence-electron chi connectivity index (χ4n) is 5.54. The fourth-order valence-corrected chi connectivity index (χ4v) is 5.54. The number of carbonyl (C=O) groups excluding carboxylic acids is 1. The topological polar surface area (TPSA) is 72.9 Å². The van der Waals surface area contributed by atoms with Crippen LogP contribution >= 0.6 is 0 Å². The molecule has 5 rings (SSSR count). The molecule has 2 aromatic carbocycles. The zero-order valence-corrected chi connectivity index (χ0v) is 23.7. The van der Waals surface area contributed by atoms with Crippen LogP contribution in [0.1, 0.15) is 24.2 Å². The van der Waals surface area contributed by atoms with E-state index in [1.807, 2.05) is 50.1 Å². The van der Waals surface area contributed by atoms with E-state index in [0.717, 1.165) is 37.9 Å². The third-order valence-corrected chi connectivity index (χ3v) is 8.14. The molecule has 2 aliphatic rings. The van der Waals surface area contributed by atoms with Gasteiger partial charge in [-0.3, -0.25) is 14.5 Å². The maximum absolute atomic E-state index is 15.8. The molecule has 2 aliphatic heterocycles. The molecule has 2 saturated heterocycles. The average Bonchev–Trinajstić information content (AvgIpc) is 2.96. The number of amides is 1. The van der Waals surface area contributed by atoms with Gasteiger partial charge < -0.3 is 20.4 Å². The average molecular weight is 587 g/mol. The first-order chi connectivity index (χ1) is 19.9. The van der Waals surface area contributed by atoms with E-state index in [1.54, 1.807) is 0 Å². The highest BCUT2D eigenvalue weighted by Gasteiger charge is 2.33. The summed E-state index contributed by atoms with van der Waals surface area (Å²) in [6, 6.07) is 12.4. The molecule has 0 aliphatic carbocycles. The first-order valence-electron chi connectivity index (χ1n) is 13.9. The Morgan fingerprint density at radius 2 is 1.60 bits per heavy atom. The van der Waals surface area contributed by atoms with Gasteiger partial charge in [0, 0.05) is 74.9 Å². The summed E-state index contributed by atoms with van der Waals surface area (Å²) >= 11 is 0. The summed E-state index contributed by atoms with van der Waals surface area (Å²) in [5.41, 5.74) is 0.897. The van der Waals surface area contributed by atoms with Gasteiger partial charge in [0.2, 0.25) is 0 Å². The SMILES string of the molecule is C[C@@H]1CN(c2cc(F)c(-c3ccc(N4CCNCC4)cc3)cc2NC(=O)c2ccc(=O)n(C(F)(F)F)c2)C[C@H](C)N1C. The van der Waals surface area contributed by atoms with Crippen molar-refractivity contribution in [3.8, 4) is 11.1 Å². The molecular formula is C30H34F4N6O2. The molecule has 2 N–H and O–H groups in total. The summed E-state index contributed by atoms with van der Waals surface area (Å²) in [6.07, 6.45) is -4.51. The number of hydrogen-bond acceptors (Lipinski definition) is 6. The number of anilines is 3. The highest BCUT2D eigenvalue weighted by Crippen LogP contribution is 2.37. The number of nitrogens with zero attached hydrogens (tertiary/aromatic N) is 4. The van der Waals surface area contributed by atoms with Crippen LogP contribution in [0.15, 0.2) is 59.5 Å². The Morgan fingerprint density at radius 1 is 0.952 bits per heavy atom. The molecule has 1 aromatic heterocycles. The molecule has 1 amide bonds. The quantitative estimate of drug-likeness (QED) is 0.434. The Bertz CT molecular complexity index is 1490. The number of halogens is 4. The third-order valence-electron chi connectivity index (χ3n) is 8.14. The Labute approximate surface area is 241 Å². The van der Waals surface area contributed by atoms with Gasteiger partial charge in [0.25, 0.3) is 11.5 Å². The van der Waals surface area contributed by atoms with Gasteiger partial charge in [-0.15, -0.1) is 13.2 Å². The zero-order chi connectivity index (χ0) is 30.2. The molecule has 224 valence electrons. The minimum absolute atomic E-state index is 0.132. The van der Waals surface area contributed by atoms with Crippen LogP contribution in [-0.2, 0) is 6.30 Å². The molecule has 42 heavy (non-hydrogen) atoms. The summed E-state index contributed by atoms with van der Waals surface area (Å²) in [6.45, 7) is 8.69. The van der Waals surface area contributed by atoms with Crippen LogP contribution in [0.4, 0.5) is 34.6 Å². The minimum atomic E-state index is -4.98. The molecule has 3 aromatic rings. The number of nitrogens with one attached hydrogen (secondary N) is 2. The summed E-state index contributed by atoms with van der Waals surface area (Å²) in [4.78, 5) is 31.4. The molecule has 8 nitrogen and oxygen atoms in total. The lowest BCUT2D eigenvalue weighted by Crippen LogP contribution is -2.55. The van der Waals surface area contributed by atoms with Crippen LogP contribution in [0.2, 0.25) is 0 Å². The van der Waals surface area contributed by atoms with Crippen molar-refractivity contribution in [2.24, 2.45) is 0 Å². The van der Waals surface area contributed by atoms with Crippen molar-refractivity contribution >= 4 is 23.0 Å². The van der Waals surface area contributed by atoms with Crippen LogP contribution in [0.5, 0.6) is 0 Å². The van der Waals surface area contributed by atoms with Gasteiger partial charge >= 0.3 is 6.30 Å². The molecule has 0 bridgehead atoms. The van der Waals surface area contributed by atoms with Gasteiger partial charge in [0.05, 0.1) is 16.9 Å². The van der Waals surface area contributed by atoms with Crippen molar-refractivity contribution in [1.29, 1.82) is 0 Å². The summed E-state index contributed by atoms with van der Waals surface area (Å²) in [5.74, 6) is -1.33. The Kier molecular flexibility index (Phi) is 8.29. The van der Waals surface area contributed by atoms with Crippen LogP contribution in [0.3, 0.4) is 0 Å². The highest BCUT2D eigenvalue weighted by atomic mass is 19.4. The van der Waals surface area contributed by atoms with Gasteiger partial charge in [-0.05, 0) is 56.8 Å².